The molecule has 2 aromatic carbocycles. The van der Waals surface area contributed by atoms with Gasteiger partial charge in [-0.3, -0.25) is 14.6 Å². The van der Waals surface area contributed by atoms with Crippen LogP contribution in [-0.4, -0.2) is 28.2 Å². The van der Waals surface area contributed by atoms with Crippen LogP contribution in [0.15, 0.2) is 66.9 Å². The molecule has 0 saturated heterocycles. The highest BCUT2D eigenvalue weighted by Crippen LogP contribution is 2.48. The van der Waals surface area contributed by atoms with E-state index in [-0.39, 0.29) is 11.8 Å². The average molecular weight is 373 g/mol. The zero-order chi connectivity index (χ0) is 19.6. The maximum absolute atomic E-state index is 13.2. The lowest BCUT2D eigenvalue weighted by Crippen LogP contribution is -2.42. The maximum atomic E-state index is 13.2. The fourth-order valence-corrected chi connectivity index (χ4v) is 3.54. The lowest BCUT2D eigenvalue weighted by Gasteiger charge is -2.26. The molecule has 0 spiro atoms. The predicted molar refractivity (Wildman–Crippen MR) is 110 cm³/mol. The SMILES string of the molecule is CCN(Cc1ccccc1)C(=O)C1(C(=O)Nc2cccc3cccnc23)CC1. The highest BCUT2D eigenvalue weighted by molar-refractivity contribution is 6.14. The van der Waals surface area contributed by atoms with E-state index in [1.165, 1.54) is 0 Å². The topological polar surface area (TPSA) is 62.3 Å². The summed E-state index contributed by atoms with van der Waals surface area (Å²) < 4.78 is 0. The molecule has 1 aliphatic rings. The summed E-state index contributed by atoms with van der Waals surface area (Å²) in [6, 6.07) is 19.3. The third-order valence-electron chi connectivity index (χ3n) is 5.36. The van der Waals surface area contributed by atoms with Gasteiger partial charge in [-0.15, -0.1) is 0 Å². The van der Waals surface area contributed by atoms with Gasteiger partial charge in [0.15, 0.2) is 0 Å². The molecule has 0 unspecified atom stereocenters. The van der Waals surface area contributed by atoms with Crippen molar-refractivity contribution in [2.24, 2.45) is 5.41 Å². The van der Waals surface area contributed by atoms with Gasteiger partial charge in [0.1, 0.15) is 5.41 Å². The van der Waals surface area contributed by atoms with E-state index in [0.717, 1.165) is 16.5 Å². The Bertz CT molecular complexity index is 1010. The summed E-state index contributed by atoms with van der Waals surface area (Å²) in [5, 5.41) is 3.92. The molecule has 0 radical (unpaired) electrons. The Balaban J connectivity index is 1.54. The average Bonchev–Trinajstić information content (AvgIpc) is 3.55. The van der Waals surface area contributed by atoms with Crippen molar-refractivity contribution in [2.45, 2.75) is 26.3 Å². The fourth-order valence-electron chi connectivity index (χ4n) is 3.54. The quantitative estimate of drug-likeness (QED) is 0.664. The lowest BCUT2D eigenvalue weighted by atomic mass is 10.0. The standard InChI is InChI=1S/C23H23N3O2/c1-2-26(16-17-8-4-3-5-9-17)22(28)23(13-14-23)21(27)25-19-12-6-10-18-11-7-15-24-20(18)19/h3-12,15H,2,13-14,16H2,1H3,(H,25,27). The Kier molecular flexibility index (Phi) is 4.82. The first-order valence-corrected chi connectivity index (χ1v) is 9.62. The Morgan fingerprint density at radius 2 is 1.79 bits per heavy atom. The molecule has 0 bridgehead atoms. The number of aromatic nitrogens is 1. The molecule has 1 aromatic heterocycles. The summed E-state index contributed by atoms with van der Waals surface area (Å²) in [4.78, 5) is 32.4. The van der Waals surface area contributed by atoms with Crippen molar-refractivity contribution in [1.29, 1.82) is 0 Å². The van der Waals surface area contributed by atoms with Crippen molar-refractivity contribution < 1.29 is 9.59 Å². The minimum atomic E-state index is -0.957. The Morgan fingerprint density at radius 1 is 1.04 bits per heavy atom. The van der Waals surface area contributed by atoms with Crippen LogP contribution in [0.3, 0.4) is 0 Å². The second kappa shape index (κ2) is 7.43. The minimum Gasteiger partial charge on any atom is -0.338 e. The Morgan fingerprint density at radius 3 is 2.50 bits per heavy atom. The summed E-state index contributed by atoms with van der Waals surface area (Å²) in [5.41, 5.74) is 1.49. The number of hydrogen-bond donors (Lipinski definition) is 1. The molecular formula is C23H23N3O2. The van der Waals surface area contributed by atoms with Crippen LogP contribution in [-0.2, 0) is 16.1 Å². The van der Waals surface area contributed by atoms with E-state index >= 15 is 0 Å². The molecule has 4 rings (SSSR count). The highest BCUT2D eigenvalue weighted by Gasteiger charge is 2.57. The van der Waals surface area contributed by atoms with Crippen LogP contribution in [0, 0.1) is 5.41 Å². The number of benzene rings is 2. The van der Waals surface area contributed by atoms with Gasteiger partial charge in [-0.2, -0.15) is 0 Å². The minimum absolute atomic E-state index is 0.0930. The number of carbonyl (C=O) groups excluding carboxylic acids is 2. The van der Waals surface area contributed by atoms with Gasteiger partial charge in [0.2, 0.25) is 11.8 Å². The Labute approximate surface area is 164 Å². The van der Waals surface area contributed by atoms with Gasteiger partial charge in [0, 0.05) is 24.7 Å². The van der Waals surface area contributed by atoms with Crippen molar-refractivity contribution >= 4 is 28.4 Å². The van der Waals surface area contributed by atoms with Gasteiger partial charge in [0.05, 0.1) is 11.2 Å². The van der Waals surface area contributed by atoms with E-state index in [1.807, 2.05) is 67.6 Å². The van der Waals surface area contributed by atoms with E-state index in [2.05, 4.69) is 10.3 Å². The van der Waals surface area contributed by atoms with Crippen LogP contribution < -0.4 is 5.32 Å². The van der Waals surface area contributed by atoms with E-state index < -0.39 is 5.41 Å². The number of nitrogens with zero attached hydrogens (tertiary/aromatic N) is 2. The summed E-state index contributed by atoms with van der Waals surface area (Å²) in [6.45, 7) is 3.03. The normalized spacial score (nSPS) is 14.5. The molecule has 28 heavy (non-hydrogen) atoms. The molecule has 0 aliphatic heterocycles. The summed E-state index contributed by atoms with van der Waals surface area (Å²) in [6.07, 6.45) is 2.87. The maximum Gasteiger partial charge on any atom is 0.240 e. The van der Waals surface area contributed by atoms with Crippen LogP contribution in [0.25, 0.3) is 10.9 Å². The molecule has 1 saturated carbocycles. The first kappa shape index (κ1) is 18.2. The van der Waals surface area contributed by atoms with Crippen LogP contribution in [0.1, 0.15) is 25.3 Å². The predicted octanol–water partition coefficient (Wildman–Crippen LogP) is 4.00. The van der Waals surface area contributed by atoms with Crippen molar-refractivity contribution in [3.05, 3.63) is 72.4 Å². The molecule has 1 N–H and O–H groups in total. The molecule has 142 valence electrons. The number of carbonyl (C=O) groups is 2. The molecule has 1 aliphatic carbocycles. The smallest absolute Gasteiger partial charge is 0.240 e. The Hall–Kier alpha value is -3.21. The number of amides is 2. The van der Waals surface area contributed by atoms with Gasteiger partial charge in [-0.1, -0.05) is 48.5 Å². The third kappa shape index (κ3) is 3.36. The molecule has 1 heterocycles. The van der Waals surface area contributed by atoms with Crippen LogP contribution in [0.2, 0.25) is 0 Å². The largest absolute Gasteiger partial charge is 0.338 e. The number of fused-ring (bicyclic) bond motifs is 1. The molecule has 5 heteroatoms. The van der Waals surface area contributed by atoms with Crippen molar-refractivity contribution in [3.63, 3.8) is 0 Å². The van der Waals surface area contributed by atoms with Crippen molar-refractivity contribution in [3.8, 4) is 0 Å². The van der Waals surface area contributed by atoms with E-state index in [0.29, 0.717) is 31.6 Å². The molecular weight excluding hydrogens is 350 g/mol. The monoisotopic (exact) mass is 373 g/mol. The lowest BCUT2D eigenvalue weighted by molar-refractivity contribution is -0.142. The van der Waals surface area contributed by atoms with Gasteiger partial charge >= 0.3 is 0 Å². The molecule has 5 nitrogen and oxygen atoms in total. The van der Waals surface area contributed by atoms with Gasteiger partial charge in [0.25, 0.3) is 0 Å². The second-order valence-electron chi connectivity index (χ2n) is 7.22. The summed E-state index contributed by atoms with van der Waals surface area (Å²) >= 11 is 0. The van der Waals surface area contributed by atoms with Gasteiger partial charge in [-0.25, -0.2) is 0 Å². The highest BCUT2D eigenvalue weighted by atomic mass is 16.2. The van der Waals surface area contributed by atoms with Crippen LogP contribution >= 0.6 is 0 Å². The third-order valence-corrected chi connectivity index (χ3v) is 5.36. The molecule has 2 amide bonds. The zero-order valence-corrected chi connectivity index (χ0v) is 15.9. The van der Waals surface area contributed by atoms with Gasteiger partial charge < -0.3 is 10.2 Å². The first-order valence-electron chi connectivity index (χ1n) is 9.62. The first-order chi connectivity index (χ1) is 13.6. The second-order valence-corrected chi connectivity index (χ2v) is 7.22. The number of nitrogens with one attached hydrogen (secondary N) is 1. The number of anilines is 1. The van der Waals surface area contributed by atoms with E-state index in [9.17, 15) is 9.59 Å². The molecule has 3 aromatic rings. The number of pyridine rings is 1. The van der Waals surface area contributed by atoms with Crippen LogP contribution in [0.5, 0.6) is 0 Å². The van der Waals surface area contributed by atoms with Gasteiger partial charge in [-0.05, 0) is 37.5 Å². The number of para-hydroxylation sites is 1. The summed E-state index contributed by atoms with van der Waals surface area (Å²) in [7, 11) is 0. The number of hydrogen-bond acceptors (Lipinski definition) is 3. The van der Waals surface area contributed by atoms with Crippen molar-refractivity contribution in [1.82, 2.24) is 9.88 Å². The molecule has 0 atom stereocenters. The fraction of sp³-hybridized carbons (Fsp3) is 0.261. The van der Waals surface area contributed by atoms with Crippen molar-refractivity contribution in [2.75, 3.05) is 11.9 Å². The number of rotatable bonds is 6. The molecule has 1 fully saturated rings. The van der Waals surface area contributed by atoms with E-state index in [4.69, 9.17) is 0 Å². The zero-order valence-electron chi connectivity index (χ0n) is 15.9. The summed E-state index contributed by atoms with van der Waals surface area (Å²) in [5.74, 6) is -0.327. The van der Waals surface area contributed by atoms with E-state index in [1.54, 1.807) is 11.1 Å². The van der Waals surface area contributed by atoms with Crippen LogP contribution in [0.4, 0.5) is 5.69 Å².